The highest BCUT2D eigenvalue weighted by Gasteiger charge is 2.20. The first-order valence-electron chi connectivity index (χ1n) is 4.42. The van der Waals surface area contributed by atoms with Crippen LogP contribution in [0.15, 0.2) is 6.33 Å². The van der Waals surface area contributed by atoms with Crippen molar-refractivity contribution in [3.05, 3.63) is 12.2 Å². The first-order valence-corrected chi connectivity index (χ1v) is 4.42. The number of nitrogens with zero attached hydrogens (tertiary/aromatic N) is 3. The number of rotatable bonds is 4. The predicted octanol–water partition coefficient (Wildman–Crippen LogP) is 1.07. The molecule has 0 saturated heterocycles. The Bertz CT molecular complexity index is 291. The molecule has 0 atom stereocenters. The van der Waals surface area contributed by atoms with Crippen molar-refractivity contribution in [1.82, 2.24) is 14.8 Å². The van der Waals surface area contributed by atoms with E-state index in [0.717, 1.165) is 18.7 Å². The van der Waals surface area contributed by atoms with Crippen molar-refractivity contribution in [2.75, 3.05) is 0 Å². The van der Waals surface area contributed by atoms with E-state index in [0.29, 0.717) is 6.42 Å². The van der Waals surface area contributed by atoms with Crippen molar-refractivity contribution in [2.24, 2.45) is 5.41 Å². The molecule has 13 heavy (non-hydrogen) atoms. The van der Waals surface area contributed by atoms with Crippen LogP contribution < -0.4 is 0 Å². The molecule has 0 aliphatic carbocycles. The van der Waals surface area contributed by atoms with Crippen molar-refractivity contribution in [3.8, 4) is 0 Å². The highest BCUT2D eigenvalue weighted by atomic mass is 16.1. The molecule has 0 spiro atoms. The molecule has 0 N–H and O–H groups in total. The second kappa shape index (κ2) is 3.68. The Morgan fingerprint density at radius 2 is 2.31 bits per heavy atom. The standard InChI is InChI=1S/C9H15N3O/c1-4-12-8(10-7-11-12)5-9(2,3)6-13/h6-7H,4-5H2,1-3H3. The summed E-state index contributed by atoms with van der Waals surface area (Å²) >= 11 is 0. The summed E-state index contributed by atoms with van der Waals surface area (Å²) in [5, 5.41) is 4.04. The summed E-state index contributed by atoms with van der Waals surface area (Å²) in [6, 6.07) is 0. The minimum Gasteiger partial charge on any atom is -0.303 e. The van der Waals surface area contributed by atoms with Crippen molar-refractivity contribution < 1.29 is 4.79 Å². The molecule has 0 unspecified atom stereocenters. The fraction of sp³-hybridized carbons (Fsp3) is 0.667. The van der Waals surface area contributed by atoms with Crippen LogP contribution in [-0.4, -0.2) is 21.1 Å². The molecule has 72 valence electrons. The molecular weight excluding hydrogens is 166 g/mol. The zero-order chi connectivity index (χ0) is 9.90. The maximum Gasteiger partial charge on any atom is 0.138 e. The lowest BCUT2D eigenvalue weighted by Crippen LogP contribution is -2.19. The van der Waals surface area contributed by atoms with E-state index in [2.05, 4.69) is 10.1 Å². The number of aromatic nitrogens is 3. The van der Waals surface area contributed by atoms with Gasteiger partial charge in [0.2, 0.25) is 0 Å². The number of aldehydes is 1. The first-order chi connectivity index (χ1) is 6.09. The molecule has 1 aromatic rings. The summed E-state index contributed by atoms with van der Waals surface area (Å²) in [5.41, 5.74) is -0.347. The van der Waals surface area contributed by atoms with Gasteiger partial charge < -0.3 is 4.79 Å². The van der Waals surface area contributed by atoms with Crippen LogP contribution >= 0.6 is 0 Å². The van der Waals surface area contributed by atoms with Crippen LogP contribution in [0.4, 0.5) is 0 Å². The summed E-state index contributed by atoms with van der Waals surface area (Å²) in [7, 11) is 0. The van der Waals surface area contributed by atoms with Crippen LogP contribution in [0.5, 0.6) is 0 Å². The highest BCUT2D eigenvalue weighted by molar-refractivity contribution is 5.58. The van der Waals surface area contributed by atoms with E-state index in [9.17, 15) is 4.79 Å². The molecule has 0 aliphatic heterocycles. The van der Waals surface area contributed by atoms with E-state index < -0.39 is 0 Å². The monoisotopic (exact) mass is 181 g/mol. The van der Waals surface area contributed by atoms with Gasteiger partial charge in [0.15, 0.2) is 0 Å². The molecule has 0 fully saturated rings. The maximum atomic E-state index is 10.7. The number of hydrogen-bond donors (Lipinski definition) is 0. The van der Waals surface area contributed by atoms with Gasteiger partial charge in [-0.25, -0.2) is 4.98 Å². The largest absolute Gasteiger partial charge is 0.303 e. The molecule has 0 bridgehead atoms. The minimum absolute atomic E-state index is 0.347. The van der Waals surface area contributed by atoms with Crippen molar-refractivity contribution in [2.45, 2.75) is 33.7 Å². The van der Waals surface area contributed by atoms with E-state index in [-0.39, 0.29) is 5.41 Å². The van der Waals surface area contributed by atoms with Gasteiger partial charge >= 0.3 is 0 Å². The average molecular weight is 181 g/mol. The van der Waals surface area contributed by atoms with Crippen LogP contribution in [0, 0.1) is 5.41 Å². The van der Waals surface area contributed by atoms with Gasteiger partial charge in [0.1, 0.15) is 18.4 Å². The topological polar surface area (TPSA) is 47.8 Å². The molecule has 1 rings (SSSR count). The highest BCUT2D eigenvalue weighted by Crippen LogP contribution is 2.16. The van der Waals surface area contributed by atoms with Gasteiger partial charge in [-0.05, 0) is 6.92 Å². The third-order valence-electron chi connectivity index (χ3n) is 1.93. The maximum absolute atomic E-state index is 10.7. The Balaban J connectivity index is 2.79. The van der Waals surface area contributed by atoms with Crippen LogP contribution in [0.1, 0.15) is 26.6 Å². The van der Waals surface area contributed by atoms with Crippen LogP contribution in [0.3, 0.4) is 0 Å². The summed E-state index contributed by atoms with van der Waals surface area (Å²) in [5.74, 6) is 0.875. The van der Waals surface area contributed by atoms with Gasteiger partial charge in [-0.2, -0.15) is 5.10 Å². The normalized spacial score (nSPS) is 11.6. The van der Waals surface area contributed by atoms with Gasteiger partial charge in [-0.1, -0.05) is 13.8 Å². The predicted molar refractivity (Wildman–Crippen MR) is 49.2 cm³/mol. The van der Waals surface area contributed by atoms with Gasteiger partial charge in [0.25, 0.3) is 0 Å². The Morgan fingerprint density at radius 3 is 2.85 bits per heavy atom. The number of hydrogen-bond acceptors (Lipinski definition) is 3. The smallest absolute Gasteiger partial charge is 0.138 e. The lowest BCUT2D eigenvalue weighted by Gasteiger charge is -2.15. The van der Waals surface area contributed by atoms with Crippen molar-refractivity contribution in [1.29, 1.82) is 0 Å². The summed E-state index contributed by atoms with van der Waals surface area (Å²) < 4.78 is 1.81. The SMILES string of the molecule is CCn1ncnc1CC(C)(C)C=O. The summed E-state index contributed by atoms with van der Waals surface area (Å²) in [6.07, 6.45) is 3.13. The Morgan fingerprint density at radius 1 is 1.62 bits per heavy atom. The van der Waals surface area contributed by atoms with E-state index in [1.165, 1.54) is 6.33 Å². The van der Waals surface area contributed by atoms with Crippen molar-refractivity contribution in [3.63, 3.8) is 0 Å². The Kier molecular flexibility index (Phi) is 2.80. The van der Waals surface area contributed by atoms with Gasteiger partial charge in [0, 0.05) is 18.4 Å². The molecular formula is C9H15N3O. The summed E-state index contributed by atoms with van der Waals surface area (Å²) in [6.45, 7) is 6.60. The van der Waals surface area contributed by atoms with E-state index in [1.54, 1.807) is 0 Å². The third kappa shape index (κ3) is 2.37. The molecule has 0 radical (unpaired) electrons. The molecule has 4 heteroatoms. The fourth-order valence-electron chi connectivity index (χ4n) is 1.14. The Labute approximate surface area is 78.0 Å². The summed E-state index contributed by atoms with van der Waals surface area (Å²) in [4.78, 5) is 14.8. The van der Waals surface area contributed by atoms with Crippen molar-refractivity contribution >= 4 is 6.29 Å². The number of aryl methyl sites for hydroxylation is 1. The molecule has 0 aliphatic rings. The molecule has 1 aromatic heterocycles. The van der Waals surface area contributed by atoms with Crippen LogP contribution in [0.2, 0.25) is 0 Å². The number of carbonyl (C=O) groups is 1. The minimum atomic E-state index is -0.347. The van der Waals surface area contributed by atoms with Crippen LogP contribution in [0.25, 0.3) is 0 Å². The van der Waals surface area contributed by atoms with Gasteiger partial charge in [-0.3, -0.25) is 4.68 Å². The van der Waals surface area contributed by atoms with Crippen LogP contribution in [-0.2, 0) is 17.8 Å². The lowest BCUT2D eigenvalue weighted by atomic mass is 9.91. The fourth-order valence-corrected chi connectivity index (χ4v) is 1.14. The van der Waals surface area contributed by atoms with E-state index in [4.69, 9.17) is 0 Å². The second-order valence-corrected chi connectivity index (χ2v) is 3.78. The second-order valence-electron chi connectivity index (χ2n) is 3.78. The molecule has 4 nitrogen and oxygen atoms in total. The quantitative estimate of drug-likeness (QED) is 0.653. The Hall–Kier alpha value is -1.19. The number of carbonyl (C=O) groups excluding carboxylic acids is 1. The average Bonchev–Trinajstić information content (AvgIpc) is 2.51. The third-order valence-corrected chi connectivity index (χ3v) is 1.93. The molecule has 0 aromatic carbocycles. The van der Waals surface area contributed by atoms with Gasteiger partial charge in [-0.15, -0.1) is 0 Å². The van der Waals surface area contributed by atoms with E-state index >= 15 is 0 Å². The zero-order valence-electron chi connectivity index (χ0n) is 8.32. The van der Waals surface area contributed by atoms with Gasteiger partial charge in [0.05, 0.1) is 0 Å². The lowest BCUT2D eigenvalue weighted by molar-refractivity contribution is -0.114. The zero-order valence-corrected chi connectivity index (χ0v) is 8.32. The van der Waals surface area contributed by atoms with E-state index in [1.807, 2.05) is 25.5 Å². The molecule has 1 heterocycles. The first kappa shape index (κ1) is 9.89. The molecule has 0 amide bonds. The molecule has 0 saturated carbocycles.